The predicted molar refractivity (Wildman–Crippen MR) is 72.5 cm³/mol. The van der Waals surface area contributed by atoms with Crippen LogP contribution in [0.2, 0.25) is 0 Å². The molecule has 0 radical (unpaired) electrons. The zero-order valence-corrected chi connectivity index (χ0v) is 11.4. The molecular weight excluding hydrogens is 226 g/mol. The Hall–Kier alpha value is -0.410. The number of likely N-dealkylation sites (tertiary alicyclic amines) is 1. The van der Waals surface area contributed by atoms with Crippen LogP contribution in [0.25, 0.3) is 0 Å². The van der Waals surface area contributed by atoms with E-state index < -0.39 is 0 Å². The lowest BCUT2D eigenvalue weighted by Crippen LogP contribution is -2.42. The molecule has 1 unspecified atom stereocenters. The number of nitrogens with zero attached hydrogens (tertiary/aromatic N) is 1. The summed E-state index contributed by atoms with van der Waals surface area (Å²) in [5.41, 5.74) is -0.0555. The average Bonchev–Trinajstić information content (AvgIpc) is 2.84. The molecule has 0 aromatic rings. The third kappa shape index (κ3) is 3.33. The minimum Gasteiger partial charge on any atom is -0.396 e. The Labute approximate surface area is 111 Å². The summed E-state index contributed by atoms with van der Waals surface area (Å²) in [6, 6.07) is 0.607. The minimum atomic E-state index is -0.0555. The molecule has 18 heavy (non-hydrogen) atoms. The molecule has 0 aromatic heterocycles. The van der Waals surface area contributed by atoms with Crippen molar-refractivity contribution in [3.8, 4) is 0 Å². The summed E-state index contributed by atoms with van der Waals surface area (Å²) in [5.74, 6) is 0. The molecule has 1 aliphatic carbocycles. The molecule has 2 rings (SSSR count). The van der Waals surface area contributed by atoms with E-state index in [0.717, 1.165) is 38.8 Å². The van der Waals surface area contributed by atoms with E-state index >= 15 is 0 Å². The van der Waals surface area contributed by atoms with Gasteiger partial charge in [-0.15, -0.1) is 0 Å². The first-order chi connectivity index (χ1) is 8.79. The maximum atomic E-state index is 11.5. The summed E-state index contributed by atoms with van der Waals surface area (Å²) in [4.78, 5) is 14.0. The van der Waals surface area contributed by atoms with Crippen molar-refractivity contribution < 1.29 is 9.90 Å². The molecule has 1 saturated heterocycles. The van der Waals surface area contributed by atoms with Gasteiger partial charge in [0.05, 0.1) is 0 Å². The second-order valence-electron chi connectivity index (χ2n) is 6.17. The van der Waals surface area contributed by atoms with Gasteiger partial charge in [0.2, 0.25) is 0 Å². The number of hydrogen-bond donors (Lipinski definition) is 1. The molecule has 3 nitrogen and oxygen atoms in total. The molecule has 0 amide bonds. The van der Waals surface area contributed by atoms with Crippen molar-refractivity contribution in [3.63, 3.8) is 0 Å². The summed E-state index contributed by atoms with van der Waals surface area (Å²) >= 11 is 0. The molecule has 1 saturated carbocycles. The van der Waals surface area contributed by atoms with Crippen molar-refractivity contribution in [2.75, 3.05) is 19.7 Å². The second-order valence-corrected chi connectivity index (χ2v) is 6.17. The summed E-state index contributed by atoms with van der Waals surface area (Å²) in [5, 5.41) is 8.96. The lowest BCUT2D eigenvalue weighted by atomic mass is 9.74. The molecular formula is C15H27NO2. The van der Waals surface area contributed by atoms with Crippen molar-refractivity contribution in [3.05, 3.63) is 0 Å². The van der Waals surface area contributed by atoms with Crippen LogP contribution in [0.15, 0.2) is 0 Å². The SMILES string of the molecule is O=CC1(CN2CCCC2CCCO)CCCCC1. The first kappa shape index (κ1) is 14.0. The number of aliphatic hydroxyl groups excluding tert-OH is 1. The van der Waals surface area contributed by atoms with Gasteiger partial charge in [-0.05, 0) is 45.1 Å². The first-order valence-electron chi connectivity index (χ1n) is 7.61. The van der Waals surface area contributed by atoms with Gasteiger partial charge in [-0.1, -0.05) is 19.3 Å². The van der Waals surface area contributed by atoms with Crippen LogP contribution in [0.5, 0.6) is 0 Å². The van der Waals surface area contributed by atoms with Gasteiger partial charge in [-0.2, -0.15) is 0 Å². The van der Waals surface area contributed by atoms with E-state index in [0.29, 0.717) is 12.6 Å². The predicted octanol–water partition coefficient (Wildman–Crippen LogP) is 2.37. The van der Waals surface area contributed by atoms with Crippen LogP contribution in [0.3, 0.4) is 0 Å². The Morgan fingerprint density at radius 3 is 2.67 bits per heavy atom. The van der Waals surface area contributed by atoms with Crippen LogP contribution in [0.1, 0.15) is 57.8 Å². The van der Waals surface area contributed by atoms with E-state index in [9.17, 15) is 4.79 Å². The average molecular weight is 253 g/mol. The summed E-state index contributed by atoms with van der Waals surface area (Å²) in [7, 11) is 0. The van der Waals surface area contributed by atoms with E-state index in [1.54, 1.807) is 0 Å². The number of aldehydes is 1. The van der Waals surface area contributed by atoms with Gasteiger partial charge in [0.15, 0.2) is 0 Å². The van der Waals surface area contributed by atoms with Crippen LogP contribution in [-0.4, -0.2) is 42.0 Å². The van der Waals surface area contributed by atoms with Gasteiger partial charge in [-0.3, -0.25) is 4.90 Å². The third-order valence-corrected chi connectivity index (χ3v) is 4.81. The first-order valence-corrected chi connectivity index (χ1v) is 7.61. The Kier molecular flexibility index (Phi) is 5.19. The van der Waals surface area contributed by atoms with Crippen LogP contribution in [0, 0.1) is 5.41 Å². The topological polar surface area (TPSA) is 40.5 Å². The van der Waals surface area contributed by atoms with E-state index in [-0.39, 0.29) is 5.41 Å². The molecule has 1 aliphatic heterocycles. The van der Waals surface area contributed by atoms with Crippen LogP contribution >= 0.6 is 0 Å². The number of hydrogen-bond acceptors (Lipinski definition) is 3. The highest BCUT2D eigenvalue weighted by atomic mass is 16.2. The fraction of sp³-hybridized carbons (Fsp3) is 0.933. The van der Waals surface area contributed by atoms with Crippen LogP contribution < -0.4 is 0 Å². The van der Waals surface area contributed by atoms with Gasteiger partial charge in [0.25, 0.3) is 0 Å². The monoisotopic (exact) mass is 253 g/mol. The lowest BCUT2D eigenvalue weighted by Gasteiger charge is -2.37. The van der Waals surface area contributed by atoms with E-state index in [4.69, 9.17) is 5.11 Å². The van der Waals surface area contributed by atoms with E-state index in [1.165, 1.54) is 38.4 Å². The van der Waals surface area contributed by atoms with Gasteiger partial charge in [0, 0.05) is 24.6 Å². The van der Waals surface area contributed by atoms with Crippen molar-refractivity contribution >= 4 is 6.29 Å². The molecule has 0 bridgehead atoms. The standard InChI is InChI=1S/C15H27NO2/c17-11-5-7-14-6-4-10-16(14)12-15(13-18)8-2-1-3-9-15/h13-14,17H,1-12H2. The highest BCUT2D eigenvalue weighted by molar-refractivity contribution is 5.60. The highest BCUT2D eigenvalue weighted by Gasteiger charge is 2.36. The highest BCUT2D eigenvalue weighted by Crippen LogP contribution is 2.37. The Morgan fingerprint density at radius 2 is 2.00 bits per heavy atom. The molecule has 2 fully saturated rings. The van der Waals surface area contributed by atoms with Crippen molar-refractivity contribution in [2.45, 2.75) is 63.8 Å². The van der Waals surface area contributed by atoms with Gasteiger partial charge >= 0.3 is 0 Å². The van der Waals surface area contributed by atoms with Crippen molar-refractivity contribution in [2.24, 2.45) is 5.41 Å². The number of aliphatic hydroxyl groups is 1. The molecule has 3 heteroatoms. The summed E-state index contributed by atoms with van der Waals surface area (Å²) in [6.07, 6.45) is 11.6. The summed E-state index contributed by atoms with van der Waals surface area (Å²) < 4.78 is 0. The molecule has 1 N–H and O–H groups in total. The van der Waals surface area contributed by atoms with Gasteiger partial charge in [-0.25, -0.2) is 0 Å². The fourth-order valence-electron chi connectivity index (χ4n) is 3.73. The quantitative estimate of drug-likeness (QED) is 0.739. The lowest BCUT2D eigenvalue weighted by molar-refractivity contribution is -0.119. The van der Waals surface area contributed by atoms with E-state index in [1.807, 2.05) is 0 Å². The Bertz CT molecular complexity index is 261. The number of carbonyl (C=O) groups excluding carboxylic acids is 1. The minimum absolute atomic E-state index is 0.0555. The van der Waals surface area contributed by atoms with Gasteiger partial charge in [0.1, 0.15) is 6.29 Å². The zero-order valence-electron chi connectivity index (χ0n) is 11.4. The smallest absolute Gasteiger partial charge is 0.127 e. The molecule has 0 spiro atoms. The number of carbonyl (C=O) groups is 1. The molecule has 0 aromatic carbocycles. The Morgan fingerprint density at radius 1 is 1.22 bits per heavy atom. The van der Waals surface area contributed by atoms with E-state index in [2.05, 4.69) is 4.90 Å². The molecule has 1 atom stereocenters. The number of rotatable bonds is 6. The zero-order chi connectivity index (χ0) is 12.8. The van der Waals surface area contributed by atoms with Crippen molar-refractivity contribution in [1.82, 2.24) is 4.90 Å². The second kappa shape index (κ2) is 6.67. The Balaban J connectivity index is 1.91. The largest absolute Gasteiger partial charge is 0.396 e. The maximum Gasteiger partial charge on any atom is 0.127 e. The molecule has 1 heterocycles. The molecule has 2 aliphatic rings. The maximum absolute atomic E-state index is 11.5. The molecule has 104 valence electrons. The fourth-order valence-corrected chi connectivity index (χ4v) is 3.73. The van der Waals surface area contributed by atoms with Crippen LogP contribution in [0.4, 0.5) is 0 Å². The summed E-state index contributed by atoms with van der Waals surface area (Å²) in [6.45, 7) is 2.40. The third-order valence-electron chi connectivity index (χ3n) is 4.81. The normalized spacial score (nSPS) is 28.4. The van der Waals surface area contributed by atoms with Crippen molar-refractivity contribution in [1.29, 1.82) is 0 Å². The van der Waals surface area contributed by atoms with Crippen LogP contribution in [-0.2, 0) is 4.79 Å². The van der Waals surface area contributed by atoms with Gasteiger partial charge < -0.3 is 9.90 Å².